The number of nitrogens with one attached hydrogen (secondary N) is 3. The first-order valence-electron chi connectivity index (χ1n) is 17.6. The molecule has 3 aromatic carbocycles. The van der Waals surface area contributed by atoms with Crippen molar-refractivity contribution in [2.24, 2.45) is 9.98 Å². The van der Waals surface area contributed by atoms with Gasteiger partial charge in [0.05, 0.1) is 18.3 Å². The standard InChI is InChI=1S/C38H37N5O13/c39-37-41-34-27(35(52)42-37)40-17-43(34)24-8-4-1-5-18(24)13-19-14-23-26(29(49)22-7-3-2-6-21(22)28(23)48)32(54-16-20(47)9-11-44)31(19)56-36-38(53,10-12-45)33(51)30(50)25(15-46)55-36/h1-8,11,14,20,25,30,33,36,45-47,50-51,53H,9-10,12-13,15-17H2,(H2,39,42,52)/p+1. The summed E-state index contributed by atoms with van der Waals surface area (Å²) in [6.07, 6.45) is -9.29. The molecule has 18 nitrogen and oxygen atoms in total. The second-order valence-electron chi connectivity index (χ2n) is 13.6. The quantitative estimate of drug-likeness (QED) is 0.0648. The number of carbonyl (C=O) groups excluding carboxylic acids is 4. The van der Waals surface area contributed by atoms with E-state index in [9.17, 15) is 49.8 Å². The predicted molar refractivity (Wildman–Crippen MR) is 192 cm³/mol. The number of aldehydes is 1. The van der Waals surface area contributed by atoms with E-state index in [0.29, 0.717) is 22.4 Å². The van der Waals surface area contributed by atoms with E-state index in [-0.39, 0.29) is 76.3 Å². The third-order valence-corrected chi connectivity index (χ3v) is 10.1. The molecule has 0 spiro atoms. The fourth-order valence-electron chi connectivity index (χ4n) is 7.29. The van der Waals surface area contributed by atoms with Gasteiger partial charge in [0.25, 0.3) is 11.7 Å². The van der Waals surface area contributed by atoms with Crippen LogP contribution in [0.25, 0.3) is 0 Å². The molecule has 1 amide bonds. The third kappa shape index (κ3) is 6.71. The molecule has 0 radical (unpaired) electrons. The maximum Gasteiger partial charge on any atom is 0.284 e. The molecule has 1 saturated heterocycles. The number of amidine groups is 1. The number of benzene rings is 3. The number of carbonyl (C=O) groups is 4. The van der Waals surface area contributed by atoms with Crippen LogP contribution in [0.15, 0.2) is 64.6 Å². The number of nitrogens with zero attached hydrogens (tertiary/aromatic N) is 2. The first kappa shape index (κ1) is 38.7. The van der Waals surface area contributed by atoms with E-state index in [4.69, 9.17) is 19.6 Å². The number of aliphatic imine (C=N–C) groups is 2. The summed E-state index contributed by atoms with van der Waals surface area (Å²) in [5.41, 5.74) is -1.47. The van der Waals surface area contributed by atoms with E-state index >= 15 is 0 Å². The number of aliphatic hydroxyl groups is 6. The molecule has 7 atom stereocenters. The molecule has 1 aliphatic carbocycles. The highest BCUT2D eigenvalue weighted by Crippen LogP contribution is 2.46. The summed E-state index contributed by atoms with van der Waals surface area (Å²) in [6.45, 7) is -2.09. The molecule has 0 bridgehead atoms. The monoisotopic (exact) mass is 772 g/mol. The number of guanidine groups is 1. The number of ether oxygens (including phenoxy) is 3. The summed E-state index contributed by atoms with van der Waals surface area (Å²) in [5, 5.41) is 74.4. The van der Waals surface area contributed by atoms with Crippen molar-refractivity contribution in [2.45, 2.75) is 55.6 Å². The zero-order valence-corrected chi connectivity index (χ0v) is 29.5. The van der Waals surface area contributed by atoms with Gasteiger partial charge in [0.1, 0.15) is 36.9 Å². The topological polar surface area (TPSA) is 282 Å². The van der Waals surface area contributed by atoms with Crippen LogP contribution in [-0.4, -0.2) is 135 Å². The van der Waals surface area contributed by atoms with Crippen molar-refractivity contribution in [2.75, 3.05) is 26.5 Å². The van der Waals surface area contributed by atoms with Gasteiger partial charge in [-0.15, -0.1) is 0 Å². The highest BCUT2D eigenvalue weighted by atomic mass is 16.7. The van der Waals surface area contributed by atoms with Crippen LogP contribution in [-0.2, 0) is 20.7 Å². The number of quaternary nitrogens is 1. The molecule has 7 unspecified atom stereocenters. The Morgan fingerprint density at radius 1 is 1.02 bits per heavy atom. The summed E-state index contributed by atoms with van der Waals surface area (Å²) in [7, 11) is 0. The van der Waals surface area contributed by atoms with Gasteiger partial charge in [0.15, 0.2) is 35.3 Å². The number of aliphatic hydroxyl groups excluding tert-OH is 5. The van der Waals surface area contributed by atoms with Crippen LogP contribution >= 0.6 is 0 Å². The molecule has 1 fully saturated rings. The van der Waals surface area contributed by atoms with Crippen LogP contribution in [0, 0.1) is 5.41 Å². The van der Waals surface area contributed by atoms with Gasteiger partial charge in [-0.25, -0.2) is 9.89 Å². The molecule has 3 aromatic rings. The second kappa shape index (κ2) is 15.5. The largest absolute Gasteiger partial charge is 0.486 e. The van der Waals surface area contributed by atoms with Crippen LogP contribution < -0.4 is 19.7 Å². The van der Waals surface area contributed by atoms with Gasteiger partial charge >= 0.3 is 0 Å². The van der Waals surface area contributed by atoms with Gasteiger partial charge in [-0.3, -0.25) is 25.1 Å². The SMILES string of the molecule is N=C1N=C2C(=NC[NH+]2c2ccccc2Cc2cc3c(c(OCC(O)CC=O)c2OC2OC(CO)C(O)C(O)C2(O)CCO)C(=O)c2ccccc2C3=O)C(=O)N1. The Hall–Kier alpha value is -5.57. The summed E-state index contributed by atoms with van der Waals surface area (Å²) in [4.78, 5) is 61.4. The van der Waals surface area contributed by atoms with Crippen molar-refractivity contribution < 1.29 is 68.9 Å². The van der Waals surface area contributed by atoms with E-state index in [1.807, 2.05) is 0 Å². The first-order valence-corrected chi connectivity index (χ1v) is 17.6. The Labute approximate surface area is 317 Å². The van der Waals surface area contributed by atoms with Gasteiger partial charge in [-0.2, -0.15) is 4.99 Å². The van der Waals surface area contributed by atoms with E-state index in [0.717, 1.165) is 0 Å². The van der Waals surface area contributed by atoms with Crippen LogP contribution in [0.3, 0.4) is 0 Å². The summed E-state index contributed by atoms with van der Waals surface area (Å²) < 4.78 is 18.3. The predicted octanol–water partition coefficient (Wildman–Crippen LogP) is -2.30. The highest BCUT2D eigenvalue weighted by molar-refractivity contribution is 6.68. The lowest BCUT2D eigenvalue weighted by Gasteiger charge is -2.47. The number of hydrogen-bond donors (Lipinski definition) is 9. The van der Waals surface area contributed by atoms with Gasteiger partial charge in [-0.05, 0) is 12.1 Å². The molecule has 7 rings (SSSR count). The molecular weight excluding hydrogens is 734 g/mol. The molecule has 18 heteroatoms. The van der Waals surface area contributed by atoms with E-state index < -0.39 is 80.0 Å². The fraction of sp³-hybridized carbons (Fsp3) is 0.342. The van der Waals surface area contributed by atoms with Crippen molar-refractivity contribution in [1.29, 1.82) is 5.41 Å². The lowest BCUT2D eigenvalue weighted by Crippen LogP contribution is -3.09. The summed E-state index contributed by atoms with van der Waals surface area (Å²) in [5.74, 6) is -2.67. The molecule has 3 heterocycles. The minimum absolute atomic E-state index is 0.0354. The van der Waals surface area contributed by atoms with Gasteiger partial charge in [0, 0.05) is 53.7 Å². The van der Waals surface area contributed by atoms with Gasteiger partial charge < -0.3 is 49.6 Å². The maximum atomic E-state index is 14.3. The number of hydrogen-bond acceptors (Lipinski definition) is 15. The smallest absolute Gasteiger partial charge is 0.284 e. The second-order valence-corrected chi connectivity index (χ2v) is 13.6. The normalized spacial score (nSPS) is 26.0. The average molecular weight is 773 g/mol. The first-order chi connectivity index (χ1) is 26.9. The Balaban J connectivity index is 1.43. The van der Waals surface area contributed by atoms with Gasteiger partial charge in [0.2, 0.25) is 18.0 Å². The van der Waals surface area contributed by atoms with E-state index in [1.165, 1.54) is 18.2 Å². The van der Waals surface area contributed by atoms with Crippen LogP contribution in [0.2, 0.25) is 0 Å². The minimum Gasteiger partial charge on any atom is -0.486 e. The molecule has 292 valence electrons. The van der Waals surface area contributed by atoms with Crippen molar-refractivity contribution in [3.8, 4) is 11.5 Å². The Morgan fingerprint density at radius 2 is 1.73 bits per heavy atom. The van der Waals surface area contributed by atoms with Crippen molar-refractivity contribution in [1.82, 2.24) is 5.32 Å². The van der Waals surface area contributed by atoms with Crippen LogP contribution in [0.4, 0.5) is 5.69 Å². The number of fused-ring (bicyclic) bond motifs is 3. The molecule has 4 aliphatic rings. The molecular formula is C38H38N5O13+. The number of para-hydroxylation sites is 1. The molecule has 0 aromatic heterocycles. The Bertz CT molecular complexity index is 2190. The zero-order valence-electron chi connectivity index (χ0n) is 29.5. The summed E-state index contributed by atoms with van der Waals surface area (Å²) in [6, 6.07) is 14.4. The Morgan fingerprint density at radius 3 is 2.45 bits per heavy atom. The van der Waals surface area contributed by atoms with Crippen molar-refractivity contribution in [3.63, 3.8) is 0 Å². The minimum atomic E-state index is -2.52. The highest BCUT2D eigenvalue weighted by Gasteiger charge is 2.56. The van der Waals surface area contributed by atoms with Crippen molar-refractivity contribution in [3.05, 3.63) is 88.0 Å². The number of ketones is 2. The number of amides is 1. The average Bonchev–Trinajstić information content (AvgIpc) is 3.61. The third-order valence-electron chi connectivity index (χ3n) is 10.1. The van der Waals surface area contributed by atoms with Gasteiger partial charge in [-0.1, -0.05) is 42.5 Å². The van der Waals surface area contributed by atoms with Crippen LogP contribution in [0.5, 0.6) is 11.5 Å². The molecule has 56 heavy (non-hydrogen) atoms. The fourth-order valence-corrected chi connectivity index (χ4v) is 7.29. The molecule has 3 aliphatic heterocycles. The lowest BCUT2D eigenvalue weighted by atomic mass is 9.81. The molecule has 0 saturated carbocycles. The zero-order chi connectivity index (χ0) is 39.9. The van der Waals surface area contributed by atoms with Crippen molar-refractivity contribution >= 4 is 47.0 Å². The summed E-state index contributed by atoms with van der Waals surface area (Å²) >= 11 is 0. The maximum absolute atomic E-state index is 14.3. The van der Waals surface area contributed by atoms with E-state index in [1.54, 1.807) is 36.4 Å². The lowest BCUT2D eigenvalue weighted by molar-refractivity contribution is -0.723. The number of rotatable bonds is 13. The molecule has 9 N–H and O–H groups in total. The van der Waals surface area contributed by atoms with E-state index in [2.05, 4.69) is 15.3 Å². The van der Waals surface area contributed by atoms with Crippen LogP contribution in [0.1, 0.15) is 55.8 Å². The Kier molecular flexibility index (Phi) is 10.7.